The molecule has 114 valence electrons. The van der Waals surface area contributed by atoms with E-state index in [-0.39, 0.29) is 17.7 Å². The number of carbonyl (C=O) groups is 2. The van der Waals surface area contributed by atoms with E-state index < -0.39 is 12.1 Å². The highest BCUT2D eigenvalue weighted by molar-refractivity contribution is 5.98. The lowest BCUT2D eigenvalue weighted by atomic mass is 9.99. The van der Waals surface area contributed by atoms with Gasteiger partial charge in [0.1, 0.15) is 6.04 Å². The highest BCUT2D eigenvalue weighted by atomic mass is 16.3. The molecule has 2 N–H and O–H groups in total. The van der Waals surface area contributed by atoms with E-state index in [1.54, 1.807) is 17.0 Å². The van der Waals surface area contributed by atoms with Gasteiger partial charge in [-0.05, 0) is 24.5 Å². The molecule has 1 fully saturated rings. The summed E-state index contributed by atoms with van der Waals surface area (Å²) in [6.07, 6.45) is -0.436. The van der Waals surface area contributed by atoms with Crippen molar-refractivity contribution in [2.45, 2.75) is 32.9 Å². The second-order valence-electron chi connectivity index (χ2n) is 5.91. The topological polar surface area (TPSA) is 69.6 Å². The van der Waals surface area contributed by atoms with E-state index in [0.29, 0.717) is 18.7 Å². The highest BCUT2D eigenvalue weighted by Gasteiger charge is 2.35. The quantitative estimate of drug-likeness (QED) is 0.867. The maximum Gasteiger partial charge on any atom is 0.252 e. The van der Waals surface area contributed by atoms with Crippen LogP contribution in [0, 0.1) is 12.8 Å². The van der Waals surface area contributed by atoms with Gasteiger partial charge in [0, 0.05) is 18.7 Å². The molecule has 2 rings (SSSR count). The number of nitrogens with zero attached hydrogens (tertiary/aromatic N) is 1. The molecule has 0 bridgehead atoms. The molecule has 1 unspecified atom stereocenters. The van der Waals surface area contributed by atoms with Gasteiger partial charge < -0.3 is 15.3 Å². The molecule has 1 atom stereocenters. The lowest BCUT2D eigenvalue weighted by Gasteiger charge is -2.39. The number of aliphatic hydroxyl groups is 1. The zero-order chi connectivity index (χ0) is 15.6. The average molecular weight is 290 g/mol. The Balaban J connectivity index is 2.08. The number of rotatable bonds is 4. The van der Waals surface area contributed by atoms with Gasteiger partial charge in [0.05, 0.1) is 6.10 Å². The Hall–Kier alpha value is -1.88. The molecule has 1 aliphatic heterocycles. The molecule has 1 aromatic carbocycles. The Morgan fingerprint density at radius 2 is 1.90 bits per heavy atom. The fraction of sp³-hybridized carbons (Fsp3) is 0.500. The normalized spacial score (nSPS) is 16.5. The zero-order valence-electron chi connectivity index (χ0n) is 12.7. The van der Waals surface area contributed by atoms with E-state index in [2.05, 4.69) is 5.32 Å². The van der Waals surface area contributed by atoms with Crippen LogP contribution in [0.25, 0.3) is 0 Å². The minimum Gasteiger partial charge on any atom is -0.389 e. The van der Waals surface area contributed by atoms with Crippen molar-refractivity contribution in [3.63, 3.8) is 0 Å². The lowest BCUT2D eigenvalue weighted by molar-refractivity contribution is -0.144. The number of nitrogens with one attached hydrogen (secondary N) is 1. The molecule has 2 amide bonds. The summed E-state index contributed by atoms with van der Waals surface area (Å²) in [6, 6.07) is 6.73. The highest BCUT2D eigenvalue weighted by Crippen LogP contribution is 2.15. The largest absolute Gasteiger partial charge is 0.389 e. The first-order valence-electron chi connectivity index (χ1n) is 7.23. The Bertz CT molecular complexity index is 536. The first-order chi connectivity index (χ1) is 9.90. The van der Waals surface area contributed by atoms with Crippen LogP contribution < -0.4 is 5.32 Å². The summed E-state index contributed by atoms with van der Waals surface area (Å²) < 4.78 is 0. The third-order valence-electron chi connectivity index (χ3n) is 3.78. The fourth-order valence-corrected chi connectivity index (χ4v) is 2.39. The number of carbonyl (C=O) groups excluding carboxylic acids is 2. The molecule has 0 spiro atoms. The van der Waals surface area contributed by atoms with E-state index in [0.717, 1.165) is 5.56 Å². The average Bonchev–Trinajstić information content (AvgIpc) is 2.40. The molecular formula is C16H22N2O3. The summed E-state index contributed by atoms with van der Waals surface area (Å²) in [5.74, 6) is -0.373. The van der Waals surface area contributed by atoms with Crippen molar-refractivity contribution in [3.05, 3.63) is 35.4 Å². The zero-order valence-corrected chi connectivity index (χ0v) is 12.7. The van der Waals surface area contributed by atoms with Crippen LogP contribution in [0.5, 0.6) is 0 Å². The number of hydrogen-bond acceptors (Lipinski definition) is 3. The van der Waals surface area contributed by atoms with Gasteiger partial charge >= 0.3 is 0 Å². The van der Waals surface area contributed by atoms with E-state index in [1.807, 2.05) is 32.9 Å². The van der Waals surface area contributed by atoms with Crippen LogP contribution in [0.2, 0.25) is 0 Å². The molecule has 0 aliphatic carbocycles. The van der Waals surface area contributed by atoms with Gasteiger partial charge in [0.2, 0.25) is 5.91 Å². The van der Waals surface area contributed by atoms with Crippen molar-refractivity contribution in [2.75, 3.05) is 13.1 Å². The van der Waals surface area contributed by atoms with Crippen LogP contribution in [0.4, 0.5) is 0 Å². The van der Waals surface area contributed by atoms with Crippen molar-refractivity contribution in [1.29, 1.82) is 0 Å². The van der Waals surface area contributed by atoms with Crippen LogP contribution in [0.1, 0.15) is 29.8 Å². The lowest BCUT2D eigenvalue weighted by Crippen LogP contribution is -2.60. The predicted octanol–water partition coefficient (Wildman–Crippen LogP) is 0.953. The fourth-order valence-electron chi connectivity index (χ4n) is 2.39. The maximum absolute atomic E-state index is 12.4. The molecule has 1 aliphatic rings. The summed E-state index contributed by atoms with van der Waals surface area (Å²) in [5, 5.41) is 12.1. The Morgan fingerprint density at radius 1 is 1.29 bits per heavy atom. The number of aliphatic hydroxyl groups excluding tert-OH is 1. The van der Waals surface area contributed by atoms with E-state index in [4.69, 9.17) is 0 Å². The maximum atomic E-state index is 12.4. The minimum atomic E-state index is -0.565. The standard InChI is InChI=1S/C16H22N2O3/c1-10(2)14(16(21)18-8-12(19)9-18)17-15(20)13-7-5-4-6-11(13)3/h4-7,10,12,14,19H,8-9H2,1-3H3,(H,17,20). The van der Waals surface area contributed by atoms with Gasteiger partial charge in [0.15, 0.2) is 0 Å². The number of likely N-dealkylation sites (tertiary alicyclic amines) is 1. The van der Waals surface area contributed by atoms with Crippen molar-refractivity contribution in [2.24, 2.45) is 5.92 Å². The molecule has 5 nitrogen and oxygen atoms in total. The molecule has 1 aromatic rings. The van der Waals surface area contributed by atoms with Crippen LogP contribution >= 0.6 is 0 Å². The predicted molar refractivity (Wildman–Crippen MR) is 79.9 cm³/mol. The monoisotopic (exact) mass is 290 g/mol. The van der Waals surface area contributed by atoms with Gasteiger partial charge in [-0.2, -0.15) is 0 Å². The van der Waals surface area contributed by atoms with Crippen molar-refractivity contribution in [1.82, 2.24) is 10.2 Å². The Labute approximate surface area is 125 Å². The summed E-state index contributed by atoms with van der Waals surface area (Å²) in [4.78, 5) is 26.3. The smallest absolute Gasteiger partial charge is 0.252 e. The first kappa shape index (κ1) is 15.5. The molecule has 1 saturated heterocycles. The van der Waals surface area contributed by atoms with Crippen molar-refractivity contribution in [3.8, 4) is 0 Å². The molecule has 0 aromatic heterocycles. The van der Waals surface area contributed by atoms with Crippen LogP contribution in [-0.2, 0) is 4.79 Å². The van der Waals surface area contributed by atoms with Gasteiger partial charge in [0.25, 0.3) is 5.91 Å². The Morgan fingerprint density at radius 3 is 2.43 bits per heavy atom. The molecule has 0 radical (unpaired) electrons. The third-order valence-corrected chi connectivity index (χ3v) is 3.78. The SMILES string of the molecule is Cc1ccccc1C(=O)NC(C(=O)N1CC(O)C1)C(C)C. The van der Waals surface area contributed by atoms with Gasteiger partial charge in [-0.15, -0.1) is 0 Å². The molecule has 21 heavy (non-hydrogen) atoms. The summed E-state index contributed by atoms with van der Waals surface area (Å²) in [7, 11) is 0. The number of amides is 2. The Kier molecular flexibility index (Phi) is 4.63. The van der Waals surface area contributed by atoms with Gasteiger partial charge in [-0.3, -0.25) is 9.59 Å². The number of aryl methyl sites for hydroxylation is 1. The van der Waals surface area contributed by atoms with Gasteiger partial charge in [-0.1, -0.05) is 32.0 Å². The summed E-state index contributed by atoms with van der Waals surface area (Å²) in [6.45, 7) is 6.37. The van der Waals surface area contributed by atoms with Crippen molar-refractivity contribution < 1.29 is 14.7 Å². The first-order valence-corrected chi connectivity index (χ1v) is 7.23. The summed E-state index contributed by atoms with van der Waals surface area (Å²) in [5.41, 5.74) is 1.46. The number of β-amino-alcohol motifs (C(OH)–C–C–N with tert-alkyl or cyclic N) is 1. The van der Waals surface area contributed by atoms with E-state index >= 15 is 0 Å². The number of benzene rings is 1. The van der Waals surface area contributed by atoms with Crippen molar-refractivity contribution >= 4 is 11.8 Å². The van der Waals surface area contributed by atoms with Crippen LogP contribution in [-0.4, -0.2) is 47.1 Å². The molecule has 1 heterocycles. The second-order valence-corrected chi connectivity index (χ2v) is 5.91. The molecule has 5 heteroatoms. The minimum absolute atomic E-state index is 0.0109. The van der Waals surface area contributed by atoms with Crippen LogP contribution in [0.15, 0.2) is 24.3 Å². The van der Waals surface area contributed by atoms with E-state index in [9.17, 15) is 14.7 Å². The van der Waals surface area contributed by atoms with Crippen LogP contribution in [0.3, 0.4) is 0 Å². The second kappa shape index (κ2) is 6.26. The van der Waals surface area contributed by atoms with E-state index in [1.165, 1.54) is 0 Å². The molecular weight excluding hydrogens is 268 g/mol. The van der Waals surface area contributed by atoms with Gasteiger partial charge in [-0.25, -0.2) is 0 Å². The molecule has 0 saturated carbocycles. The number of hydrogen-bond donors (Lipinski definition) is 2. The third kappa shape index (κ3) is 3.42. The summed E-state index contributed by atoms with van der Waals surface area (Å²) >= 11 is 0.